The van der Waals surface area contributed by atoms with Gasteiger partial charge < -0.3 is 30.2 Å². The number of hydrogen-bond donors (Lipinski definition) is 2. The standard InChI is InChI=1S/C25H27F3N8O/c1-34(2)15-12-35(13-15)21-11-22(37-3)19(10-16(21)29)33-24-30-9-8-18(32-24)23-31-17-6-4-5-7-20(17)36(23)14-25(26,27)28/h4-11,15H,12-14,29H2,1-3H3,(H,30,32,33). The second-order valence-corrected chi connectivity index (χ2v) is 9.15. The van der Waals surface area contributed by atoms with Gasteiger partial charge >= 0.3 is 6.18 Å². The maximum Gasteiger partial charge on any atom is 0.406 e. The minimum Gasteiger partial charge on any atom is -0.494 e. The molecule has 3 heterocycles. The summed E-state index contributed by atoms with van der Waals surface area (Å²) in [6.07, 6.45) is -2.96. The highest BCUT2D eigenvalue weighted by Gasteiger charge is 2.32. The van der Waals surface area contributed by atoms with Gasteiger partial charge in [0.15, 0.2) is 5.82 Å². The molecule has 0 atom stereocenters. The van der Waals surface area contributed by atoms with Crippen LogP contribution in [0.1, 0.15) is 0 Å². The van der Waals surface area contributed by atoms with E-state index in [2.05, 4.69) is 30.1 Å². The molecule has 0 saturated carbocycles. The number of rotatable bonds is 7. The maximum absolute atomic E-state index is 13.4. The number of anilines is 4. The summed E-state index contributed by atoms with van der Waals surface area (Å²) in [5, 5.41) is 3.09. The van der Waals surface area contributed by atoms with E-state index >= 15 is 0 Å². The van der Waals surface area contributed by atoms with E-state index in [4.69, 9.17) is 10.5 Å². The van der Waals surface area contributed by atoms with Crippen LogP contribution in [0.25, 0.3) is 22.6 Å². The van der Waals surface area contributed by atoms with Crippen molar-refractivity contribution in [3.8, 4) is 17.3 Å². The molecule has 0 radical (unpaired) electrons. The Bertz CT molecular complexity index is 1430. The van der Waals surface area contributed by atoms with E-state index < -0.39 is 12.7 Å². The zero-order chi connectivity index (χ0) is 26.3. The fourth-order valence-corrected chi connectivity index (χ4v) is 4.38. The molecule has 1 fully saturated rings. The van der Waals surface area contributed by atoms with Gasteiger partial charge in [-0.2, -0.15) is 13.2 Å². The van der Waals surface area contributed by atoms with Crippen molar-refractivity contribution >= 4 is 34.0 Å². The highest BCUT2D eigenvalue weighted by atomic mass is 19.4. The van der Waals surface area contributed by atoms with Crippen LogP contribution >= 0.6 is 0 Å². The van der Waals surface area contributed by atoms with E-state index in [1.165, 1.54) is 12.3 Å². The fraction of sp³-hybridized carbons (Fsp3) is 0.320. The number of nitrogen functional groups attached to an aromatic ring is 1. The number of benzene rings is 2. The van der Waals surface area contributed by atoms with E-state index in [0.717, 1.165) is 23.3 Å². The van der Waals surface area contributed by atoms with Crippen LogP contribution in [-0.2, 0) is 6.54 Å². The molecule has 4 aromatic rings. The number of methoxy groups -OCH3 is 1. The summed E-state index contributed by atoms with van der Waals surface area (Å²) in [7, 11) is 5.65. The highest BCUT2D eigenvalue weighted by molar-refractivity contribution is 5.81. The summed E-state index contributed by atoms with van der Waals surface area (Å²) in [6.45, 7) is 0.529. The summed E-state index contributed by atoms with van der Waals surface area (Å²) >= 11 is 0. The van der Waals surface area contributed by atoms with Crippen LogP contribution in [0.3, 0.4) is 0 Å². The normalized spacial score (nSPS) is 14.3. The summed E-state index contributed by atoms with van der Waals surface area (Å²) < 4.78 is 46.9. The summed E-state index contributed by atoms with van der Waals surface area (Å²) in [4.78, 5) is 17.5. The van der Waals surface area contributed by atoms with Crippen LogP contribution in [0.2, 0.25) is 0 Å². The number of nitrogens with two attached hydrogens (primary N) is 1. The van der Waals surface area contributed by atoms with Gasteiger partial charge in [-0.15, -0.1) is 0 Å². The van der Waals surface area contributed by atoms with Gasteiger partial charge in [-0.1, -0.05) is 12.1 Å². The number of para-hydroxylation sites is 2. The topological polar surface area (TPSA) is 97.4 Å². The Kier molecular flexibility index (Phi) is 6.28. The average molecular weight is 513 g/mol. The number of alkyl halides is 3. The fourth-order valence-electron chi connectivity index (χ4n) is 4.38. The molecule has 194 valence electrons. The summed E-state index contributed by atoms with van der Waals surface area (Å²) in [5.74, 6) is 0.806. The second-order valence-electron chi connectivity index (χ2n) is 9.15. The van der Waals surface area contributed by atoms with Gasteiger partial charge in [0.05, 0.1) is 35.2 Å². The first-order chi connectivity index (χ1) is 17.6. The molecule has 3 N–H and O–H groups in total. The highest BCUT2D eigenvalue weighted by Crippen LogP contribution is 2.38. The Morgan fingerprint density at radius 2 is 1.89 bits per heavy atom. The summed E-state index contributed by atoms with van der Waals surface area (Å²) in [6, 6.07) is 12.3. The van der Waals surface area contributed by atoms with Crippen molar-refractivity contribution in [3.63, 3.8) is 0 Å². The van der Waals surface area contributed by atoms with Gasteiger partial charge in [0.2, 0.25) is 5.95 Å². The van der Waals surface area contributed by atoms with E-state index in [9.17, 15) is 13.2 Å². The van der Waals surface area contributed by atoms with Gasteiger partial charge in [-0.05, 0) is 38.4 Å². The zero-order valence-electron chi connectivity index (χ0n) is 20.6. The van der Waals surface area contributed by atoms with Gasteiger partial charge in [-0.25, -0.2) is 15.0 Å². The van der Waals surface area contributed by atoms with E-state index in [1.807, 2.05) is 20.2 Å². The van der Waals surface area contributed by atoms with Gasteiger partial charge in [-0.3, -0.25) is 0 Å². The third-order valence-electron chi connectivity index (χ3n) is 6.41. The Balaban J connectivity index is 1.46. The lowest BCUT2D eigenvalue weighted by Crippen LogP contribution is -2.57. The molecule has 9 nitrogen and oxygen atoms in total. The Morgan fingerprint density at radius 3 is 2.59 bits per heavy atom. The molecule has 0 spiro atoms. The van der Waals surface area contributed by atoms with E-state index in [-0.39, 0.29) is 17.5 Å². The molecule has 0 unspecified atom stereocenters. The van der Waals surface area contributed by atoms with Gasteiger partial charge in [0.25, 0.3) is 0 Å². The molecule has 0 amide bonds. The molecule has 1 aliphatic heterocycles. The molecule has 0 aliphatic carbocycles. The van der Waals surface area contributed by atoms with Crippen LogP contribution in [-0.4, -0.2) is 70.9 Å². The molecule has 2 aromatic heterocycles. The van der Waals surface area contributed by atoms with Gasteiger partial charge in [0, 0.05) is 31.4 Å². The quantitative estimate of drug-likeness (QED) is 0.357. The first-order valence-electron chi connectivity index (χ1n) is 11.6. The number of likely N-dealkylation sites (N-methyl/N-ethyl adjacent to an activating group) is 1. The van der Waals surface area contributed by atoms with Crippen molar-refractivity contribution in [2.24, 2.45) is 0 Å². The lowest BCUT2D eigenvalue weighted by atomic mass is 10.1. The maximum atomic E-state index is 13.4. The number of halogens is 3. The third kappa shape index (κ3) is 4.96. The molecular formula is C25H27F3N8O. The average Bonchev–Trinajstić information content (AvgIpc) is 3.16. The predicted molar refractivity (Wildman–Crippen MR) is 137 cm³/mol. The van der Waals surface area contributed by atoms with Crippen molar-refractivity contribution in [1.29, 1.82) is 0 Å². The first-order valence-corrected chi connectivity index (χ1v) is 11.6. The largest absolute Gasteiger partial charge is 0.494 e. The number of fused-ring (bicyclic) bond motifs is 1. The lowest BCUT2D eigenvalue weighted by Gasteiger charge is -2.44. The van der Waals surface area contributed by atoms with Crippen molar-refractivity contribution in [3.05, 3.63) is 48.7 Å². The van der Waals surface area contributed by atoms with E-state index in [0.29, 0.717) is 34.2 Å². The van der Waals surface area contributed by atoms with Crippen molar-refractivity contribution in [1.82, 2.24) is 24.4 Å². The first kappa shape index (κ1) is 24.6. The number of nitrogens with zero attached hydrogens (tertiary/aromatic N) is 6. The van der Waals surface area contributed by atoms with Crippen LogP contribution in [0, 0.1) is 0 Å². The van der Waals surface area contributed by atoms with Crippen molar-refractivity contribution in [2.75, 3.05) is 50.2 Å². The molecule has 1 saturated heterocycles. The second kappa shape index (κ2) is 9.43. The molecule has 37 heavy (non-hydrogen) atoms. The zero-order valence-corrected chi connectivity index (χ0v) is 20.6. The Labute approximate surface area is 211 Å². The van der Waals surface area contributed by atoms with Crippen molar-refractivity contribution in [2.45, 2.75) is 18.8 Å². The SMILES string of the molecule is COc1cc(N2CC(N(C)C)C2)c(N)cc1Nc1nccc(-c2nc3ccccc3n2CC(F)(F)F)n1. The number of ether oxygens (including phenoxy) is 1. The summed E-state index contributed by atoms with van der Waals surface area (Å²) in [5.41, 5.74) is 9.39. The van der Waals surface area contributed by atoms with Crippen LogP contribution < -0.4 is 20.7 Å². The third-order valence-corrected chi connectivity index (χ3v) is 6.41. The molecule has 0 bridgehead atoms. The molecule has 5 rings (SSSR count). The van der Waals surface area contributed by atoms with Crippen LogP contribution in [0.15, 0.2) is 48.7 Å². The van der Waals surface area contributed by atoms with Crippen molar-refractivity contribution < 1.29 is 17.9 Å². The van der Waals surface area contributed by atoms with E-state index in [1.54, 1.807) is 37.4 Å². The monoisotopic (exact) mass is 512 g/mol. The number of nitrogens with one attached hydrogen (secondary N) is 1. The number of imidazole rings is 1. The molecule has 12 heteroatoms. The minimum atomic E-state index is -4.43. The Hall–Kier alpha value is -4.06. The molecular weight excluding hydrogens is 485 g/mol. The predicted octanol–water partition coefficient (Wildman–Crippen LogP) is 4.14. The Morgan fingerprint density at radius 1 is 1.14 bits per heavy atom. The van der Waals surface area contributed by atoms with Crippen LogP contribution in [0.5, 0.6) is 5.75 Å². The van der Waals surface area contributed by atoms with Gasteiger partial charge in [0.1, 0.15) is 18.0 Å². The molecule has 2 aromatic carbocycles. The number of aromatic nitrogens is 4. The molecule has 1 aliphatic rings. The smallest absolute Gasteiger partial charge is 0.406 e. The lowest BCUT2D eigenvalue weighted by molar-refractivity contribution is -0.139. The number of hydrogen-bond acceptors (Lipinski definition) is 8. The minimum absolute atomic E-state index is 0.0963. The van der Waals surface area contributed by atoms with Crippen LogP contribution in [0.4, 0.5) is 36.2 Å².